The standard InChI is InChI=1S/C43H42N2/c1-5-6-7-35-14-26-41(27-15-35)45(40-24-12-34(4)13-25-40)43-30-18-37(19-31-43)36-16-28-42(29-17-36)44(38-20-8-32(2)9-21-38)39-22-10-33(3)11-23-39/h8-31H,5-7H2,1-4H3. The fourth-order valence-corrected chi connectivity index (χ4v) is 5.77. The molecule has 0 spiro atoms. The second-order valence-corrected chi connectivity index (χ2v) is 12.0. The maximum absolute atomic E-state index is 2.34. The smallest absolute Gasteiger partial charge is 0.0462 e. The second-order valence-electron chi connectivity index (χ2n) is 12.0. The molecule has 0 aliphatic heterocycles. The van der Waals surface area contributed by atoms with E-state index in [1.165, 1.54) is 51.9 Å². The molecule has 224 valence electrons. The molecule has 2 nitrogen and oxygen atoms in total. The zero-order chi connectivity index (χ0) is 31.2. The van der Waals surface area contributed by atoms with Gasteiger partial charge in [-0.2, -0.15) is 0 Å². The maximum Gasteiger partial charge on any atom is 0.0462 e. The highest BCUT2D eigenvalue weighted by molar-refractivity contribution is 5.80. The molecule has 0 saturated carbocycles. The monoisotopic (exact) mass is 586 g/mol. The number of hydrogen-bond acceptors (Lipinski definition) is 2. The van der Waals surface area contributed by atoms with Gasteiger partial charge in [-0.25, -0.2) is 0 Å². The Hall–Kier alpha value is -5.08. The first-order chi connectivity index (χ1) is 22.0. The lowest BCUT2D eigenvalue weighted by atomic mass is 10.0. The van der Waals surface area contributed by atoms with Crippen LogP contribution in [0.2, 0.25) is 0 Å². The Labute approximate surface area is 269 Å². The van der Waals surface area contributed by atoms with Crippen LogP contribution in [0.3, 0.4) is 0 Å². The Kier molecular flexibility index (Phi) is 9.12. The van der Waals surface area contributed by atoms with E-state index in [4.69, 9.17) is 0 Å². The molecule has 2 heteroatoms. The van der Waals surface area contributed by atoms with Crippen LogP contribution in [0.25, 0.3) is 11.1 Å². The van der Waals surface area contributed by atoms with Crippen molar-refractivity contribution in [3.05, 3.63) is 168 Å². The van der Waals surface area contributed by atoms with Crippen molar-refractivity contribution in [1.82, 2.24) is 0 Å². The highest BCUT2D eigenvalue weighted by Gasteiger charge is 2.15. The van der Waals surface area contributed by atoms with Gasteiger partial charge in [0.15, 0.2) is 0 Å². The van der Waals surface area contributed by atoms with Crippen molar-refractivity contribution in [3.63, 3.8) is 0 Å². The lowest BCUT2D eigenvalue weighted by Gasteiger charge is -2.26. The number of nitrogens with zero attached hydrogens (tertiary/aromatic N) is 2. The normalized spacial score (nSPS) is 10.9. The van der Waals surface area contributed by atoms with Crippen LogP contribution in [0.4, 0.5) is 34.1 Å². The summed E-state index contributed by atoms with van der Waals surface area (Å²) in [6.07, 6.45) is 3.56. The molecule has 6 rings (SSSR count). The van der Waals surface area contributed by atoms with Crippen LogP contribution < -0.4 is 9.80 Å². The van der Waals surface area contributed by atoms with Crippen LogP contribution >= 0.6 is 0 Å². The summed E-state index contributed by atoms with van der Waals surface area (Å²) >= 11 is 0. The van der Waals surface area contributed by atoms with Crippen molar-refractivity contribution >= 4 is 34.1 Å². The van der Waals surface area contributed by atoms with E-state index in [1.54, 1.807) is 0 Å². The number of rotatable bonds is 10. The van der Waals surface area contributed by atoms with Gasteiger partial charge in [0.25, 0.3) is 0 Å². The van der Waals surface area contributed by atoms with Gasteiger partial charge in [-0.1, -0.05) is 103 Å². The molecule has 0 aliphatic carbocycles. The number of hydrogen-bond donors (Lipinski definition) is 0. The molecule has 0 fully saturated rings. The third-order valence-electron chi connectivity index (χ3n) is 8.47. The average molecular weight is 587 g/mol. The molecule has 0 bridgehead atoms. The summed E-state index contributed by atoms with van der Waals surface area (Å²) in [5.74, 6) is 0. The zero-order valence-electron chi connectivity index (χ0n) is 26.9. The predicted octanol–water partition coefficient (Wildman–Crippen LogP) is 12.6. The van der Waals surface area contributed by atoms with Gasteiger partial charge in [-0.3, -0.25) is 0 Å². The topological polar surface area (TPSA) is 6.48 Å². The van der Waals surface area contributed by atoms with Crippen LogP contribution in [0, 0.1) is 20.8 Å². The SMILES string of the molecule is CCCCc1ccc(N(c2ccc(C)cc2)c2ccc(-c3ccc(N(c4ccc(C)cc4)c4ccc(C)cc4)cc3)cc2)cc1. The first-order valence-corrected chi connectivity index (χ1v) is 16.1. The summed E-state index contributed by atoms with van der Waals surface area (Å²) in [4.78, 5) is 4.66. The van der Waals surface area contributed by atoms with Crippen LogP contribution in [0.5, 0.6) is 0 Å². The molecular weight excluding hydrogens is 544 g/mol. The Morgan fingerprint density at radius 3 is 0.911 bits per heavy atom. The van der Waals surface area contributed by atoms with E-state index in [-0.39, 0.29) is 0 Å². The van der Waals surface area contributed by atoms with Gasteiger partial charge in [0, 0.05) is 34.1 Å². The van der Waals surface area contributed by atoms with E-state index in [1.807, 2.05) is 0 Å². The van der Waals surface area contributed by atoms with Gasteiger partial charge in [-0.15, -0.1) is 0 Å². The van der Waals surface area contributed by atoms with Crippen LogP contribution in [-0.2, 0) is 6.42 Å². The molecule has 6 aromatic rings. The molecule has 0 aromatic heterocycles. The van der Waals surface area contributed by atoms with Crippen LogP contribution in [0.1, 0.15) is 42.0 Å². The molecule has 0 amide bonds. The number of benzene rings is 6. The zero-order valence-corrected chi connectivity index (χ0v) is 26.9. The van der Waals surface area contributed by atoms with Gasteiger partial charge >= 0.3 is 0 Å². The minimum Gasteiger partial charge on any atom is -0.311 e. The lowest BCUT2D eigenvalue weighted by Crippen LogP contribution is -2.10. The maximum atomic E-state index is 2.34. The van der Waals surface area contributed by atoms with E-state index in [0.29, 0.717) is 0 Å². The van der Waals surface area contributed by atoms with E-state index >= 15 is 0 Å². The number of aryl methyl sites for hydroxylation is 4. The summed E-state index contributed by atoms with van der Waals surface area (Å²) in [7, 11) is 0. The summed E-state index contributed by atoms with van der Waals surface area (Å²) < 4.78 is 0. The molecule has 0 aliphatic rings. The van der Waals surface area contributed by atoms with Crippen molar-refractivity contribution in [2.45, 2.75) is 47.0 Å². The summed E-state index contributed by atoms with van der Waals surface area (Å²) in [5, 5.41) is 0. The van der Waals surface area contributed by atoms with Crippen molar-refractivity contribution < 1.29 is 0 Å². The number of anilines is 6. The highest BCUT2D eigenvalue weighted by Crippen LogP contribution is 2.38. The minimum absolute atomic E-state index is 1.13. The van der Waals surface area contributed by atoms with Crippen molar-refractivity contribution in [1.29, 1.82) is 0 Å². The van der Waals surface area contributed by atoms with Gasteiger partial charge in [-0.05, 0) is 123 Å². The fraction of sp³-hybridized carbons (Fsp3) is 0.163. The molecule has 0 N–H and O–H groups in total. The van der Waals surface area contributed by atoms with Crippen molar-refractivity contribution in [3.8, 4) is 11.1 Å². The summed E-state index contributed by atoms with van der Waals surface area (Å²) in [6, 6.07) is 53.2. The molecule has 0 saturated heterocycles. The predicted molar refractivity (Wildman–Crippen MR) is 194 cm³/mol. The first-order valence-electron chi connectivity index (χ1n) is 16.1. The average Bonchev–Trinajstić information content (AvgIpc) is 3.08. The van der Waals surface area contributed by atoms with Crippen molar-refractivity contribution in [2.75, 3.05) is 9.80 Å². The van der Waals surface area contributed by atoms with Crippen LogP contribution in [0.15, 0.2) is 146 Å². The Morgan fingerprint density at radius 1 is 0.356 bits per heavy atom. The molecule has 0 heterocycles. The summed E-state index contributed by atoms with van der Waals surface area (Å²) in [6.45, 7) is 8.64. The Morgan fingerprint density at radius 2 is 0.622 bits per heavy atom. The van der Waals surface area contributed by atoms with E-state index in [9.17, 15) is 0 Å². The van der Waals surface area contributed by atoms with E-state index in [0.717, 1.165) is 34.9 Å². The molecule has 0 atom stereocenters. The van der Waals surface area contributed by atoms with Crippen molar-refractivity contribution in [2.24, 2.45) is 0 Å². The van der Waals surface area contributed by atoms with Gasteiger partial charge in [0.2, 0.25) is 0 Å². The molecule has 45 heavy (non-hydrogen) atoms. The molecule has 0 unspecified atom stereocenters. The second kappa shape index (κ2) is 13.7. The Balaban J connectivity index is 1.29. The van der Waals surface area contributed by atoms with Gasteiger partial charge in [0.05, 0.1) is 0 Å². The quantitative estimate of drug-likeness (QED) is 0.157. The van der Waals surface area contributed by atoms with E-state index in [2.05, 4.69) is 183 Å². The lowest BCUT2D eigenvalue weighted by molar-refractivity contribution is 0.795. The third kappa shape index (κ3) is 7.02. The van der Waals surface area contributed by atoms with Gasteiger partial charge < -0.3 is 9.80 Å². The molecule has 6 aromatic carbocycles. The first kappa shape index (κ1) is 30.0. The van der Waals surface area contributed by atoms with E-state index < -0.39 is 0 Å². The van der Waals surface area contributed by atoms with Gasteiger partial charge in [0.1, 0.15) is 0 Å². The minimum atomic E-state index is 1.13. The summed E-state index contributed by atoms with van der Waals surface area (Å²) in [5.41, 5.74) is 14.5. The largest absolute Gasteiger partial charge is 0.311 e. The molecular formula is C43H42N2. The Bertz CT molecular complexity index is 1750. The molecule has 0 radical (unpaired) electrons. The third-order valence-corrected chi connectivity index (χ3v) is 8.47. The van der Waals surface area contributed by atoms with Crippen LogP contribution in [-0.4, -0.2) is 0 Å². The fourth-order valence-electron chi connectivity index (χ4n) is 5.77. The number of unbranched alkanes of at least 4 members (excludes halogenated alkanes) is 1. The highest BCUT2D eigenvalue weighted by atomic mass is 15.1.